The third-order valence-corrected chi connectivity index (χ3v) is 3.10. The van der Waals surface area contributed by atoms with E-state index in [9.17, 15) is 23.2 Å². The van der Waals surface area contributed by atoms with Gasteiger partial charge < -0.3 is 9.72 Å². The Hall–Kier alpha value is -2.25. The van der Waals surface area contributed by atoms with Crippen LogP contribution in [-0.2, 0) is 28.4 Å². The minimum Gasteiger partial charge on any atom is -0.465 e. The van der Waals surface area contributed by atoms with E-state index in [1.807, 2.05) is 4.98 Å². The average Bonchev–Trinajstić information content (AvgIpc) is 2.55. The summed E-state index contributed by atoms with van der Waals surface area (Å²) in [5, 5.41) is 0. The highest BCUT2D eigenvalue weighted by atomic mass is 19.3. The van der Waals surface area contributed by atoms with Crippen molar-refractivity contribution in [3.63, 3.8) is 0 Å². The Labute approximate surface area is 118 Å². The summed E-state index contributed by atoms with van der Waals surface area (Å²) in [5.41, 5.74) is -2.83. The minimum atomic E-state index is -3.32. The topological polar surface area (TPSA) is 81.2 Å². The van der Waals surface area contributed by atoms with Gasteiger partial charge in [0.15, 0.2) is 0 Å². The number of halogens is 2. The van der Waals surface area contributed by atoms with Gasteiger partial charge >= 0.3 is 11.7 Å². The zero-order chi connectivity index (χ0) is 15.6. The summed E-state index contributed by atoms with van der Waals surface area (Å²) < 4.78 is 33.0. The van der Waals surface area contributed by atoms with Gasteiger partial charge in [0.2, 0.25) is 0 Å². The Morgan fingerprint density at radius 1 is 1.43 bits per heavy atom. The van der Waals surface area contributed by atoms with E-state index in [2.05, 4.69) is 4.74 Å². The molecule has 0 spiro atoms. The molecular formula is C13H14F2N2O4. The number of H-pyrrole nitrogens is 1. The summed E-state index contributed by atoms with van der Waals surface area (Å²) in [6, 6.07) is 0. The van der Waals surface area contributed by atoms with Gasteiger partial charge in [-0.2, -0.15) is 8.78 Å². The molecule has 0 radical (unpaired) electrons. The number of alkyl halides is 2. The highest BCUT2D eigenvalue weighted by Crippen LogP contribution is 2.33. The third-order valence-electron chi connectivity index (χ3n) is 3.10. The molecule has 114 valence electrons. The molecule has 1 aliphatic carbocycles. The molecule has 0 aliphatic heterocycles. The average molecular weight is 300 g/mol. The lowest BCUT2D eigenvalue weighted by atomic mass is 10.1. The Morgan fingerprint density at radius 3 is 2.81 bits per heavy atom. The summed E-state index contributed by atoms with van der Waals surface area (Å²) in [7, 11) is 0. The van der Waals surface area contributed by atoms with Crippen LogP contribution < -0.4 is 11.2 Å². The van der Waals surface area contributed by atoms with Crippen LogP contribution in [0.15, 0.2) is 21.7 Å². The third kappa shape index (κ3) is 2.93. The number of allylic oxidation sites excluding steroid dienone is 2. The van der Waals surface area contributed by atoms with Crippen LogP contribution in [0.1, 0.15) is 24.6 Å². The lowest BCUT2D eigenvalue weighted by Gasteiger charge is -2.16. The van der Waals surface area contributed by atoms with E-state index in [0.29, 0.717) is 4.57 Å². The van der Waals surface area contributed by atoms with E-state index in [-0.39, 0.29) is 18.6 Å². The van der Waals surface area contributed by atoms with Crippen molar-refractivity contribution in [2.75, 3.05) is 6.61 Å². The molecule has 1 heterocycles. The number of carbonyl (C=O) groups excluding carboxylic acids is 1. The van der Waals surface area contributed by atoms with Crippen molar-refractivity contribution < 1.29 is 18.3 Å². The van der Waals surface area contributed by atoms with Crippen LogP contribution in [0.4, 0.5) is 8.78 Å². The van der Waals surface area contributed by atoms with Gasteiger partial charge in [0.25, 0.3) is 11.5 Å². The number of nitrogens with one attached hydrogen (secondary N) is 1. The first kappa shape index (κ1) is 15.1. The molecule has 1 aromatic heterocycles. The predicted octanol–water partition coefficient (Wildman–Crippen LogP) is 0.694. The number of rotatable bonds is 3. The van der Waals surface area contributed by atoms with E-state index in [0.717, 1.165) is 0 Å². The van der Waals surface area contributed by atoms with Crippen LogP contribution in [0.5, 0.6) is 0 Å². The molecule has 1 aliphatic rings. The maximum atomic E-state index is 13.9. The Kier molecular flexibility index (Phi) is 4.06. The number of nitrogens with zero attached hydrogens (tertiary/aromatic N) is 1. The second-order valence-electron chi connectivity index (χ2n) is 4.56. The highest BCUT2D eigenvalue weighted by Gasteiger charge is 2.37. The van der Waals surface area contributed by atoms with Gasteiger partial charge in [-0.05, 0) is 13.3 Å². The van der Waals surface area contributed by atoms with Crippen LogP contribution in [-0.4, -0.2) is 22.1 Å². The highest BCUT2D eigenvalue weighted by molar-refractivity contribution is 5.69. The smallest absolute Gasteiger partial charge is 0.329 e. The van der Waals surface area contributed by atoms with Crippen molar-refractivity contribution in [3.05, 3.63) is 44.2 Å². The van der Waals surface area contributed by atoms with Crippen molar-refractivity contribution in [1.29, 1.82) is 0 Å². The molecule has 0 amide bonds. The van der Waals surface area contributed by atoms with Gasteiger partial charge in [-0.25, -0.2) is 9.36 Å². The zero-order valence-electron chi connectivity index (χ0n) is 11.3. The molecule has 1 N–H and O–H groups in total. The summed E-state index contributed by atoms with van der Waals surface area (Å²) >= 11 is 0. The monoisotopic (exact) mass is 300 g/mol. The molecule has 0 saturated heterocycles. The Morgan fingerprint density at radius 2 is 2.14 bits per heavy atom. The molecule has 6 nitrogen and oxygen atoms in total. The molecular weight excluding hydrogens is 286 g/mol. The maximum absolute atomic E-state index is 13.9. The largest absolute Gasteiger partial charge is 0.465 e. The van der Waals surface area contributed by atoms with Crippen molar-refractivity contribution in [3.8, 4) is 0 Å². The van der Waals surface area contributed by atoms with Gasteiger partial charge in [0, 0.05) is 12.0 Å². The van der Waals surface area contributed by atoms with Gasteiger partial charge in [-0.3, -0.25) is 9.59 Å². The molecule has 1 aromatic rings. The summed E-state index contributed by atoms with van der Waals surface area (Å²) in [6.45, 7) is 1.06. The standard InChI is InChI=1S/C13H14F2N2O4/c1-2-21-9(18)7-17-11(19)8-5-3-4-6-13(14,15)10(8)16-12(17)20/h3-4H,2,5-7H2,1H3,(H,16,20). The molecule has 2 rings (SSSR count). The predicted molar refractivity (Wildman–Crippen MR) is 69.3 cm³/mol. The first-order valence-electron chi connectivity index (χ1n) is 6.41. The van der Waals surface area contributed by atoms with Crippen molar-refractivity contribution >= 4 is 5.97 Å². The SMILES string of the molecule is CCOC(=O)Cn1c(=O)[nH]c2c(c1=O)CC=CCC2(F)F. The number of carbonyl (C=O) groups is 1. The first-order valence-corrected chi connectivity index (χ1v) is 6.41. The molecule has 0 fully saturated rings. The fourth-order valence-electron chi connectivity index (χ4n) is 2.13. The Bertz CT molecular complexity index is 703. The minimum absolute atomic E-state index is 0.0244. The van der Waals surface area contributed by atoms with Crippen molar-refractivity contribution in [2.24, 2.45) is 0 Å². The quantitative estimate of drug-likeness (QED) is 0.658. The molecule has 21 heavy (non-hydrogen) atoms. The number of fused-ring (bicyclic) bond motifs is 1. The lowest BCUT2D eigenvalue weighted by molar-refractivity contribution is -0.143. The van der Waals surface area contributed by atoms with Crippen LogP contribution in [0.3, 0.4) is 0 Å². The first-order chi connectivity index (χ1) is 9.86. The number of hydrogen-bond acceptors (Lipinski definition) is 4. The molecule has 0 saturated carbocycles. The summed E-state index contributed by atoms with van der Waals surface area (Å²) in [6.07, 6.45) is 2.09. The maximum Gasteiger partial charge on any atom is 0.329 e. The number of aromatic amines is 1. The molecule has 0 aromatic carbocycles. The molecule has 8 heteroatoms. The van der Waals surface area contributed by atoms with E-state index < -0.39 is 41.8 Å². The van der Waals surface area contributed by atoms with E-state index in [1.165, 1.54) is 12.2 Å². The van der Waals surface area contributed by atoms with E-state index in [4.69, 9.17) is 0 Å². The number of aromatic nitrogens is 2. The van der Waals surface area contributed by atoms with Crippen LogP contribution >= 0.6 is 0 Å². The van der Waals surface area contributed by atoms with Crippen LogP contribution in [0.25, 0.3) is 0 Å². The fourth-order valence-corrected chi connectivity index (χ4v) is 2.13. The lowest BCUT2D eigenvalue weighted by Crippen LogP contribution is -2.42. The second-order valence-corrected chi connectivity index (χ2v) is 4.56. The number of esters is 1. The van der Waals surface area contributed by atoms with E-state index in [1.54, 1.807) is 6.92 Å². The van der Waals surface area contributed by atoms with Gasteiger partial charge in [-0.1, -0.05) is 12.2 Å². The molecule has 0 bridgehead atoms. The van der Waals surface area contributed by atoms with Crippen LogP contribution in [0.2, 0.25) is 0 Å². The Balaban J connectivity index is 2.55. The van der Waals surface area contributed by atoms with E-state index >= 15 is 0 Å². The zero-order valence-corrected chi connectivity index (χ0v) is 11.3. The summed E-state index contributed by atoms with van der Waals surface area (Å²) in [5.74, 6) is -4.09. The van der Waals surface area contributed by atoms with Crippen LogP contribution in [0, 0.1) is 0 Å². The molecule has 0 atom stereocenters. The second kappa shape index (κ2) is 5.63. The summed E-state index contributed by atoms with van der Waals surface area (Å²) in [4.78, 5) is 37.4. The van der Waals surface area contributed by atoms with Gasteiger partial charge in [0.05, 0.1) is 12.3 Å². The van der Waals surface area contributed by atoms with Gasteiger partial charge in [-0.15, -0.1) is 0 Å². The van der Waals surface area contributed by atoms with Gasteiger partial charge in [0.1, 0.15) is 6.54 Å². The molecule has 0 unspecified atom stereocenters. The fraction of sp³-hybridized carbons (Fsp3) is 0.462. The van der Waals surface area contributed by atoms with Crippen molar-refractivity contribution in [1.82, 2.24) is 9.55 Å². The number of hydrogen-bond donors (Lipinski definition) is 1. The normalized spacial score (nSPS) is 16.1. The number of ether oxygens (including phenoxy) is 1. The van der Waals surface area contributed by atoms with Crippen molar-refractivity contribution in [2.45, 2.75) is 32.2 Å².